The fraction of sp³-hybridized carbons (Fsp3) is 0.118. The third kappa shape index (κ3) is 3.48. The predicted octanol–water partition coefficient (Wildman–Crippen LogP) is 5.23. The Morgan fingerprint density at radius 3 is 2.43 bits per heavy atom. The van der Waals surface area contributed by atoms with Crippen molar-refractivity contribution < 1.29 is 13.5 Å². The fourth-order valence-corrected chi connectivity index (χ4v) is 2.83. The van der Waals surface area contributed by atoms with Gasteiger partial charge in [0.1, 0.15) is 17.4 Å². The number of benzene rings is 2. The largest absolute Gasteiger partial charge is 0.494 e. The van der Waals surface area contributed by atoms with Crippen LogP contribution in [0.1, 0.15) is 6.92 Å². The van der Waals surface area contributed by atoms with Crippen LogP contribution in [-0.2, 0) is 0 Å². The molecule has 0 aliphatic carbocycles. The summed E-state index contributed by atoms with van der Waals surface area (Å²) in [6.07, 6.45) is 0. The Kier molecular flexibility index (Phi) is 4.52. The third-order valence-corrected chi connectivity index (χ3v) is 3.90. The molecule has 0 amide bonds. The maximum absolute atomic E-state index is 13.8. The van der Waals surface area contributed by atoms with Gasteiger partial charge in [0.25, 0.3) is 0 Å². The maximum atomic E-state index is 13.8. The molecular formula is C17H14F2N2OS. The monoisotopic (exact) mass is 332 g/mol. The van der Waals surface area contributed by atoms with Crippen molar-refractivity contribution in [2.45, 2.75) is 6.92 Å². The van der Waals surface area contributed by atoms with Crippen molar-refractivity contribution in [2.24, 2.45) is 0 Å². The smallest absolute Gasteiger partial charge is 0.187 e. The molecule has 0 aliphatic heterocycles. The van der Waals surface area contributed by atoms with E-state index < -0.39 is 11.6 Å². The molecule has 2 aromatic carbocycles. The van der Waals surface area contributed by atoms with Gasteiger partial charge in [-0.1, -0.05) is 6.07 Å². The quantitative estimate of drug-likeness (QED) is 0.694. The normalized spacial score (nSPS) is 10.6. The van der Waals surface area contributed by atoms with E-state index in [1.807, 2.05) is 31.2 Å². The minimum absolute atomic E-state index is 0.108. The van der Waals surface area contributed by atoms with Crippen LogP contribution in [0.3, 0.4) is 0 Å². The second-order valence-corrected chi connectivity index (χ2v) is 5.58. The highest BCUT2D eigenvalue weighted by molar-refractivity contribution is 7.14. The SMILES string of the molecule is CCOc1ccc(Nc2nc(-c3c(F)cccc3F)cs2)cc1. The molecule has 118 valence electrons. The molecule has 6 heteroatoms. The molecule has 1 aromatic heterocycles. The second kappa shape index (κ2) is 6.75. The zero-order valence-electron chi connectivity index (χ0n) is 12.3. The number of nitrogens with one attached hydrogen (secondary N) is 1. The highest BCUT2D eigenvalue weighted by Crippen LogP contribution is 2.30. The number of hydrogen-bond donors (Lipinski definition) is 1. The summed E-state index contributed by atoms with van der Waals surface area (Å²) in [5.74, 6) is -0.461. The molecule has 1 heterocycles. The zero-order chi connectivity index (χ0) is 16.2. The van der Waals surface area contributed by atoms with Crippen molar-refractivity contribution in [2.75, 3.05) is 11.9 Å². The van der Waals surface area contributed by atoms with Gasteiger partial charge in [-0.25, -0.2) is 13.8 Å². The molecule has 1 N–H and O–H groups in total. The third-order valence-electron chi connectivity index (χ3n) is 3.14. The van der Waals surface area contributed by atoms with Crippen molar-refractivity contribution in [1.82, 2.24) is 4.98 Å². The number of anilines is 2. The van der Waals surface area contributed by atoms with Crippen LogP contribution >= 0.6 is 11.3 Å². The lowest BCUT2D eigenvalue weighted by Crippen LogP contribution is -1.93. The van der Waals surface area contributed by atoms with Crippen LogP contribution in [-0.4, -0.2) is 11.6 Å². The summed E-state index contributed by atoms with van der Waals surface area (Å²) in [5, 5.41) is 5.29. The van der Waals surface area contributed by atoms with Gasteiger partial charge in [0, 0.05) is 11.1 Å². The van der Waals surface area contributed by atoms with E-state index >= 15 is 0 Å². The molecule has 0 atom stereocenters. The van der Waals surface area contributed by atoms with Crippen molar-refractivity contribution in [3.05, 3.63) is 59.5 Å². The van der Waals surface area contributed by atoms with Crippen molar-refractivity contribution >= 4 is 22.2 Å². The summed E-state index contributed by atoms with van der Waals surface area (Å²) >= 11 is 1.28. The molecule has 23 heavy (non-hydrogen) atoms. The van der Waals surface area contributed by atoms with Gasteiger partial charge in [0.2, 0.25) is 0 Å². The van der Waals surface area contributed by atoms with Crippen LogP contribution in [0.5, 0.6) is 5.75 Å². The van der Waals surface area contributed by atoms with Crippen LogP contribution in [0, 0.1) is 11.6 Å². The Morgan fingerprint density at radius 2 is 1.78 bits per heavy atom. The van der Waals surface area contributed by atoms with Gasteiger partial charge in [0.05, 0.1) is 17.9 Å². The summed E-state index contributed by atoms with van der Waals surface area (Å²) in [7, 11) is 0. The first-order chi connectivity index (χ1) is 11.2. The number of nitrogens with zero attached hydrogens (tertiary/aromatic N) is 1. The topological polar surface area (TPSA) is 34.1 Å². The number of ether oxygens (including phenoxy) is 1. The minimum atomic E-state index is -0.622. The Morgan fingerprint density at radius 1 is 1.09 bits per heavy atom. The van der Waals surface area contributed by atoms with Crippen molar-refractivity contribution in [3.63, 3.8) is 0 Å². The van der Waals surface area contributed by atoms with Gasteiger partial charge in [-0.3, -0.25) is 0 Å². The van der Waals surface area contributed by atoms with Crippen molar-refractivity contribution in [3.8, 4) is 17.0 Å². The lowest BCUT2D eigenvalue weighted by molar-refractivity contribution is 0.340. The first-order valence-electron chi connectivity index (χ1n) is 7.07. The molecule has 0 unspecified atom stereocenters. The summed E-state index contributed by atoms with van der Waals surface area (Å²) in [6, 6.07) is 11.2. The standard InChI is InChI=1S/C17H14F2N2OS/c1-2-22-12-8-6-11(7-9-12)20-17-21-15(10-23-17)16-13(18)4-3-5-14(16)19/h3-10H,2H2,1H3,(H,20,21). The molecule has 0 aliphatic rings. The van der Waals surface area contributed by atoms with E-state index in [4.69, 9.17) is 4.74 Å². The Labute approximate surface area is 136 Å². The molecule has 0 saturated carbocycles. The van der Waals surface area contributed by atoms with Gasteiger partial charge >= 0.3 is 0 Å². The Balaban J connectivity index is 1.79. The number of aromatic nitrogens is 1. The lowest BCUT2D eigenvalue weighted by Gasteiger charge is -2.05. The van der Waals surface area contributed by atoms with Gasteiger partial charge in [-0.2, -0.15) is 0 Å². The number of thiazole rings is 1. The molecule has 3 nitrogen and oxygen atoms in total. The summed E-state index contributed by atoms with van der Waals surface area (Å²) in [4.78, 5) is 4.25. The number of rotatable bonds is 5. The zero-order valence-corrected chi connectivity index (χ0v) is 13.2. The average Bonchev–Trinajstić information content (AvgIpc) is 2.97. The highest BCUT2D eigenvalue weighted by atomic mass is 32.1. The van der Waals surface area contributed by atoms with Crippen LogP contribution in [0.15, 0.2) is 47.8 Å². The fourth-order valence-electron chi connectivity index (χ4n) is 2.11. The van der Waals surface area contributed by atoms with E-state index in [0.717, 1.165) is 11.4 Å². The van der Waals surface area contributed by atoms with Gasteiger partial charge in [-0.05, 0) is 43.3 Å². The second-order valence-electron chi connectivity index (χ2n) is 4.72. The number of hydrogen-bond acceptors (Lipinski definition) is 4. The first-order valence-corrected chi connectivity index (χ1v) is 7.95. The predicted molar refractivity (Wildman–Crippen MR) is 88.4 cm³/mol. The lowest BCUT2D eigenvalue weighted by atomic mass is 10.1. The van der Waals surface area contributed by atoms with Crippen LogP contribution in [0.2, 0.25) is 0 Å². The maximum Gasteiger partial charge on any atom is 0.187 e. The van der Waals surface area contributed by atoms with E-state index in [2.05, 4.69) is 10.3 Å². The van der Waals surface area contributed by atoms with E-state index in [0.29, 0.717) is 11.7 Å². The van der Waals surface area contributed by atoms with Crippen LogP contribution < -0.4 is 10.1 Å². The van der Waals surface area contributed by atoms with Crippen LogP contribution in [0.25, 0.3) is 11.3 Å². The summed E-state index contributed by atoms with van der Waals surface area (Å²) in [6.45, 7) is 2.53. The molecule has 3 aromatic rings. The minimum Gasteiger partial charge on any atom is -0.494 e. The summed E-state index contributed by atoms with van der Waals surface area (Å²) in [5.41, 5.74) is 0.992. The van der Waals surface area contributed by atoms with Gasteiger partial charge < -0.3 is 10.1 Å². The van der Waals surface area contributed by atoms with Crippen molar-refractivity contribution in [1.29, 1.82) is 0 Å². The van der Waals surface area contributed by atoms with E-state index in [1.165, 1.54) is 29.5 Å². The molecule has 0 spiro atoms. The van der Waals surface area contributed by atoms with Gasteiger partial charge in [-0.15, -0.1) is 11.3 Å². The van der Waals surface area contributed by atoms with E-state index in [-0.39, 0.29) is 11.3 Å². The Bertz CT molecular complexity index is 782. The van der Waals surface area contributed by atoms with Crippen LogP contribution in [0.4, 0.5) is 19.6 Å². The molecule has 0 fully saturated rings. The summed E-state index contributed by atoms with van der Waals surface area (Å²) < 4.78 is 32.9. The molecule has 0 saturated heterocycles. The average molecular weight is 332 g/mol. The van der Waals surface area contributed by atoms with E-state index in [1.54, 1.807) is 5.38 Å². The molecule has 0 radical (unpaired) electrons. The molecular weight excluding hydrogens is 318 g/mol. The first kappa shape index (κ1) is 15.4. The molecule has 3 rings (SSSR count). The molecule has 0 bridgehead atoms. The Hall–Kier alpha value is -2.47. The van der Waals surface area contributed by atoms with Gasteiger partial charge in [0.15, 0.2) is 5.13 Å². The van der Waals surface area contributed by atoms with E-state index in [9.17, 15) is 8.78 Å². The number of halogens is 2. The highest BCUT2D eigenvalue weighted by Gasteiger charge is 2.14.